The molecule has 7 nitrogen and oxygen atoms in total. The molecule has 1 aliphatic rings. The number of halogens is 3. The first-order valence-corrected chi connectivity index (χ1v) is 9.46. The molecule has 2 amide bonds. The van der Waals surface area contributed by atoms with Gasteiger partial charge in [0.2, 0.25) is 0 Å². The van der Waals surface area contributed by atoms with Crippen molar-refractivity contribution in [1.82, 2.24) is 25.0 Å². The maximum Gasteiger partial charge on any atom is 0.408 e. The Hall–Kier alpha value is -3.30. The molecule has 10 heteroatoms. The predicted octanol–water partition coefficient (Wildman–Crippen LogP) is 3.09. The van der Waals surface area contributed by atoms with Crippen LogP contribution in [0.25, 0.3) is 10.9 Å². The van der Waals surface area contributed by atoms with Gasteiger partial charge in [-0.2, -0.15) is 18.3 Å². The number of nitrogens with zero attached hydrogens (tertiary/aromatic N) is 3. The number of H-pyrrole nitrogens is 1. The molecule has 0 saturated heterocycles. The molecule has 0 saturated carbocycles. The number of hydrogen-bond donors (Lipinski definition) is 2. The minimum absolute atomic E-state index is 0.0347. The van der Waals surface area contributed by atoms with Crippen molar-refractivity contribution in [2.45, 2.75) is 45.2 Å². The zero-order valence-corrected chi connectivity index (χ0v) is 16.3. The molecule has 0 aliphatic carbocycles. The lowest BCUT2D eigenvalue weighted by Gasteiger charge is -2.34. The summed E-state index contributed by atoms with van der Waals surface area (Å²) in [6.45, 7) is 3.14. The van der Waals surface area contributed by atoms with Crippen molar-refractivity contribution in [3.63, 3.8) is 0 Å². The molecule has 2 aromatic heterocycles. The molecule has 2 unspecified atom stereocenters. The molecule has 2 N–H and O–H groups in total. The number of amides is 2. The molecule has 158 valence electrons. The van der Waals surface area contributed by atoms with Crippen molar-refractivity contribution < 1.29 is 22.8 Å². The molecule has 0 radical (unpaired) electrons. The number of hydrogen-bond acceptors (Lipinski definition) is 3. The third-order valence-electron chi connectivity index (χ3n) is 5.34. The van der Waals surface area contributed by atoms with Gasteiger partial charge in [-0.15, -0.1) is 0 Å². The Bertz CT molecular complexity index is 1080. The van der Waals surface area contributed by atoms with Gasteiger partial charge in [0.25, 0.3) is 11.8 Å². The number of fused-ring (bicyclic) bond motifs is 2. The number of carbonyl (C=O) groups excluding carboxylic acids is 2. The van der Waals surface area contributed by atoms with Crippen LogP contribution in [0.3, 0.4) is 0 Å². The molecule has 30 heavy (non-hydrogen) atoms. The van der Waals surface area contributed by atoms with Crippen molar-refractivity contribution in [3.05, 3.63) is 53.5 Å². The van der Waals surface area contributed by atoms with Gasteiger partial charge in [0.1, 0.15) is 11.7 Å². The highest BCUT2D eigenvalue weighted by Gasteiger charge is 2.38. The van der Waals surface area contributed by atoms with E-state index in [4.69, 9.17) is 0 Å². The fourth-order valence-electron chi connectivity index (χ4n) is 3.56. The van der Waals surface area contributed by atoms with Crippen molar-refractivity contribution in [2.24, 2.45) is 0 Å². The van der Waals surface area contributed by atoms with E-state index in [1.807, 2.05) is 36.5 Å². The van der Waals surface area contributed by atoms with Crippen molar-refractivity contribution in [3.8, 4) is 0 Å². The quantitative estimate of drug-likeness (QED) is 0.685. The fraction of sp³-hybridized carbons (Fsp3) is 0.350. The number of aromatic nitrogens is 3. The Labute approximate surface area is 169 Å². The van der Waals surface area contributed by atoms with E-state index in [2.05, 4.69) is 10.1 Å². The zero-order chi connectivity index (χ0) is 21.6. The molecule has 2 atom stereocenters. The largest absolute Gasteiger partial charge is 0.408 e. The summed E-state index contributed by atoms with van der Waals surface area (Å²) in [7, 11) is 0. The van der Waals surface area contributed by atoms with Crippen LogP contribution in [0.4, 0.5) is 13.2 Å². The normalized spacial score (nSPS) is 17.6. The number of carbonyl (C=O) groups is 2. The average Bonchev–Trinajstić information content (AvgIpc) is 3.29. The lowest BCUT2D eigenvalue weighted by atomic mass is 10.1. The highest BCUT2D eigenvalue weighted by Crippen LogP contribution is 2.25. The van der Waals surface area contributed by atoms with Gasteiger partial charge in [-0.1, -0.05) is 18.2 Å². The summed E-state index contributed by atoms with van der Waals surface area (Å²) in [4.78, 5) is 30.2. The van der Waals surface area contributed by atoms with Crippen LogP contribution >= 0.6 is 0 Å². The van der Waals surface area contributed by atoms with Gasteiger partial charge in [0, 0.05) is 16.9 Å². The third-order valence-corrected chi connectivity index (χ3v) is 5.34. The zero-order valence-electron chi connectivity index (χ0n) is 16.3. The van der Waals surface area contributed by atoms with E-state index in [1.54, 1.807) is 15.6 Å². The highest BCUT2D eigenvalue weighted by atomic mass is 19.4. The van der Waals surface area contributed by atoms with Crippen LogP contribution in [-0.2, 0) is 13.1 Å². The van der Waals surface area contributed by atoms with Gasteiger partial charge in [-0.3, -0.25) is 14.3 Å². The van der Waals surface area contributed by atoms with E-state index in [-0.39, 0.29) is 24.1 Å². The van der Waals surface area contributed by atoms with Crippen LogP contribution in [0.5, 0.6) is 0 Å². The Morgan fingerprint density at radius 1 is 1.30 bits per heavy atom. The van der Waals surface area contributed by atoms with Crippen LogP contribution in [0, 0.1) is 0 Å². The fourth-order valence-corrected chi connectivity index (χ4v) is 3.56. The maximum absolute atomic E-state index is 13.1. The van der Waals surface area contributed by atoms with E-state index in [0.29, 0.717) is 17.9 Å². The lowest BCUT2D eigenvalue weighted by Crippen LogP contribution is -2.46. The van der Waals surface area contributed by atoms with Crippen LogP contribution in [0.1, 0.15) is 40.4 Å². The second-order valence-corrected chi connectivity index (χ2v) is 7.48. The second-order valence-electron chi connectivity index (χ2n) is 7.48. The Balaban J connectivity index is 1.58. The summed E-state index contributed by atoms with van der Waals surface area (Å²) in [5, 5.41) is 6.98. The molecular formula is C20H20F3N5O2. The van der Waals surface area contributed by atoms with Crippen LogP contribution in [0.15, 0.2) is 36.5 Å². The molecule has 1 aromatic carbocycles. The summed E-state index contributed by atoms with van der Waals surface area (Å²) in [6, 6.07) is 7.05. The number of benzene rings is 1. The monoisotopic (exact) mass is 419 g/mol. The maximum atomic E-state index is 13.1. The predicted molar refractivity (Wildman–Crippen MR) is 103 cm³/mol. The smallest absolute Gasteiger partial charge is 0.351 e. The minimum Gasteiger partial charge on any atom is -0.351 e. The van der Waals surface area contributed by atoms with Crippen LogP contribution < -0.4 is 5.32 Å². The van der Waals surface area contributed by atoms with E-state index >= 15 is 0 Å². The van der Waals surface area contributed by atoms with Gasteiger partial charge in [-0.05, 0) is 26.0 Å². The molecule has 3 aromatic rings. The average molecular weight is 419 g/mol. The van der Waals surface area contributed by atoms with Gasteiger partial charge < -0.3 is 15.2 Å². The van der Waals surface area contributed by atoms with Crippen LogP contribution in [0.2, 0.25) is 0 Å². The van der Waals surface area contributed by atoms with E-state index in [9.17, 15) is 22.8 Å². The molecular weight excluding hydrogens is 399 g/mol. The Morgan fingerprint density at radius 2 is 2.03 bits per heavy atom. The standard InChI is InChI=1S/C20H20F3N5O2/c1-11-9-28-17(14(8-24-28)18(29)25-12(2)20(21,22)23)10-27(11)19(30)16-7-13-5-3-4-6-15(13)26-16/h3-8,11-12,26H,9-10H2,1-2H3,(H,25,29). The summed E-state index contributed by atoms with van der Waals surface area (Å²) < 4.78 is 39.9. The first-order valence-electron chi connectivity index (χ1n) is 9.46. The number of nitrogens with one attached hydrogen (secondary N) is 2. The summed E-state index contributed by atoms with van der Waals surface area (Å²) >= 11 is 0. The first kappa shape index (κ1) is 20.0. The number of rotatable bonds is 3. The van der Waals surface area contributed by atoms with Crippen molar-refractivity contribution >= 4 is 22.7 Å². The molecule has 3 heterocycles. The van der Waals surface area contributed by atoms with Gasteiger partial charge in [0.15, 0.2) is 0 Å². The molecule has 1 aliphatic heterocycles. The number of alkyl halides is 3. The lowest BCUT2D eigenvalue weighted by molar-refractivity contribution is -0.149. The topological polar surface area (TPSA) is 83.0 Å². The summed E-state index contributed by atoms with van der Waals surface area (Å²) in [5.41, 5.74) is 1.68. The Morgan fingerprint density at radius 3 is 2.73 bits per heavy atom. The summed E-state index contributed by atoms with van der Waals surface area (Å²) in [6.07, 6.45) is -3.30. The number of aromatic amines is 1. The van der Waals surface area contributed by atoms with Crippen LogP contribution in [-0.4, -0.2) is 49.7 Å². The van der Waals surface area contributed by atoms with Gasteiger partial charge in [-0.25, -0.2) is 0 Å². The molecule has 0 spiro atoms. The SMILES string of the molecule is CC1Cn2ncc(C(=O)NC(C)C(F)(F)F)c2CN1C(=O)c1cc2ccccc2[nH]1. The van der Waals surface area contributed by atoms with Gasteiger partial charge >= 0.3 is 6.18 Å². The van der Waals surface area contributed by atoms with E-state index in [1.165, 1.54) is 6.20 Å². The first-order chi connectivity index (χ1) is 14.1. The summed E-state index contributed by atoms with van der Waals surface area (Å²) in [5.74, 6) is -1.12. The Kier molecular flexibility index (Phi) is 4.79. The molecule has 4 rings (SSSR count). The highest BCUT2D eigenvalue weighted by molar-refractivity contribution is 5.99. The third kappa shape index (κ3) is 3.53. The van der Waals surface area contributed by atoms with Crippen molar-refractivity contribution in [1.29, 1.82) is 0 Å². The van der Waals surface area contributed by atoms with Gasteiger partial charge in [0.05, 0.1) is 30.5 Å². The number of para-hydroxylation sites is 1. The minimum atomic E-state index is -4.55. The second kappa shape index (κ2) is 7.19. The van der Waals surface area contributed by atoms with E-state index in [0.717, 1.165) is 17.8 Å². The molecule has 0 bridgehead atoms. The van der Waals surface area contributed by atoms with Crippen molar-refractivity contribution in [2.75, 3.05) is 0 Å². The van der Waals surface area contributed by atoms with E-state index < -0.39 is 18.1 Å². The molecule has 0 fully saturated rings.